The Hall–Kier alpha value is -3.62. The van der Waals surface area contributed by atoms with Gasteiger partial charge in [0.05, 0.1) is 5.39 Å². The summed E-state index contributed by atoms with van der Waals surface area (Å²) in [6, 6.07) is 10.7. The first-order valence-electron chi connectivity index (χ1n) is 8.92. The van der Waals surface area contributed by atoms with Crippen LogP contribution in [0, 0.1) is 11.7 Å². The summed E-state index contributed by atoms with van der Waals surface area (Å²) < 4.78 is 19.1. The number of hydrogen-bond donors (Lipinski definition) is 1. The largest absolute Gasteiger partial charge is 0.441 e. The Bertz CT molecular complexity index is 1100. The summed E-state index contributed by atoms with van der Waals surface area (Å²) in [5.74, 6) is -2.02. The maximum atomic E-state index is 13.0. The van der Waals surface area contributed by atoms with Crippen LogP contribution in [0.3, 0.4) is 0 Å². The fourth-order valence-corrected chi connectivity index (χ4v) is 2.65. The number of rotatable bonds is 6. The predicted molar refractivity (Wildman–Crippen MR) is 102 cm³/mol. The van der Waals surface area contributed by atoms with Gasteiger partial charge in [0.15, 0.2) is 6.73 Å². The minimum absolute atomic E-state index is 0.210. The van der Waals surface area contributed by atoms with Gasteiger partial charge in [0.2, 0.25) is 0 Å². The zero-order valence-corrected chi connectivity index (χ0v) is 15.8. The molecule has 150 valence electrons. The van der Waals surface area contributed by atoms with E-state index in [-0.39, 0.29) is 11.5 Å². The number of halogens is 1. The van der Waals surface area contributed by atoms with Crippen LogP contribution in [0.1, 0.15) is 24.2 Å². The van der Waals surface area contributed by atoms with Crippen molar-refractivity contribution in [3.8, 4) is 0 Å². The molecule has 0 bridgehead atoms. The van der Waals surface area contributed by atoms with Crippen molar-refractivity contribution in [2.45, 2.75) is 26.6 Å². The Morgan fingerprint density at radius 2 is 1.83 bits per heavy atom. The molecule has 29 heavy (non-hydrogen) atoms. The van der Waals surface area contributed by atoms with Crippen LogP contribution < -0.4 is 10.9 Å². The number of nitrogens with zero attached hydrogens (tertiary/aromatic N) is 3. The molecule has 1 aromatic heterocycles. The van der Waals surface area contributed by atoms with Gasteiger partial charge in [-0.1, -0.05) is 31.2 Å². The Kier molecular flexibility index (Phi) is 5.96. The quantitative estimate of drug-likeness (QED) is 0.636. The van der Waals surface area contributed by atoms with E-state index in [1.807, 2.05) is 0 Å². The minimum atomic E-state index is -0.961. The summed E-state index contributed by atoms with van der Waals surface area (Å²) in [5.41, 5.74) is 0.202. The van der Waals surface area contributed by atoms with E-state index in [4.69, 9.17) is 4.74 Å². The molecule has 1 N–H and O–H groups in total. The van der Waals surface area contributed by atoms with E-state index >= 15 is 0 Å². The molecule has 0 saturated carbocycles. The molecule has 0 fully saturated rings. The number of fused-ring (bicyclic) bond motifs is 1. The molecule has 0 saturated heterocycles. The number of amides is 1. The molecule has 0 aliphatic heterocycles. The summed E-state index contributed by atoms with van der Waals surface area (Å²) in [7, 11) is 0. The highest BCUT2D eigenvalue weighted by atomic mass is 19.1. The van der Waals surface area contributed by atoms with E-state index in [0.29, 0.717) is 10.9 Å². The van der Waals surface area contributed by atoms with Crippen molar-refractivity contribution in [2.75, 3.05) is 0 Å². The van der Waals surface area contributed by atoms with Crippen molar-refractivity contribution in [3.05, 3.63) is 70.3 Å². The van der Waals surface area contributed by atoms with E-state index in [2.05, 4.69) is 15.6 Å². The number of carbonyl (C=O) groups is 2. The minimum Gasteiger partial charge on any atom is -0.441 e. The average Bonchev–Trinajstić information content (AvgIpc) is 2.71. The van der Waals surface area contributed by atoms with E-state index in [1.54, 1.807) is 38.1 Å². The fourth-order valence-electron chi connectivity index (χ4n) is 2.65. The number of ether oxygens (including phenoxy) is 1. The first-order valence-corrected chi connectivity index (χ1v) is 8.92. The molecular weight excluding hydrogens is 379 g/mol. The summed E-state index contributed by atoms with van der Waals surface area (Å²) in [5, 5.41) is 10.6. The molecule has 2 aromatic carbocycles. The molecule has 0 radical (unpaired) electrons. The number of benzene rings is 2. The number of esters is 1. The molecule has 9 heteroatoms. The van der Waals surface area contributed by atoms with Gasteiger partial charge in [-0.3, -0.25) is 9.59 Å². The van der Waals surface area contributed by atoms with Crippen molar-refractivity contribution in [1.82, 2.24) is 20.3 Å². The van der Waals surface area contributed by atoms with Crippen molar-refractivity contribution >= 4 is 22.8 Å². The van der Waals surface area contributed by atoms with Crippen LogP contribution in [0.15, 0.2) is 53.3 Å². The molecule has 1 atom stereocenters. The van der Waals surface area contributed by atoms with E-state index in [0.717, 1.165) is 16.8 Å². The highest BCUT2D eigenvalue weighted by Crippen LogP contribution is 2.09. The number of aromatic nitrogens is 3. The van der Waals surface area contributed by atoms with Crippen LogP contribution in [0.2, 0.25) is 0 Å². The normalized spacial score (nSPS) is 12.0. The van der Waals surface area contributed by atoms with Gasteiger partial charge in [0.25, 0.3) is 11.5 Å². The summed E-state index contributed by atoms with van der Waals surface area (Å²) >= 11 is 0. The lowest BCUT2D eigenvalue weighted by atomic mass is 10.0. The second kappa shape index (κ2) is 8.59. The van der Waals surface area contributed by atoms with E-state index in [9.17, 15) is 18.8 Å². The smallest absolute Gasteiger partial charge is 0.330 e. The van der Waals surface area contributed by atoms with Gasteiger partial charge in [-0.25, -0.2) is 9.18 Å². The zero-order valence-electron chi connectivity index (χ0n) is 15.8. The van der Waals surface area contributed by atoms with Crippen LogP contribution in [-0.4, -0.2) is 32.9 Å². The second-order valence-corrected chi connectivity index (χ2v) is 6.71. The summed E-state index contributed by atoms with van der Waals surface area (Å²) in [4.78, 5) is 37.2. The third-order valence-corrected chi connectivity index (χ3v) is 4.27. The van der Waals surface area contributed by atoms with Gasteiger partial charge >= 0.3 is 5.97 Å². The summed E-state index contributed by atoms with van der Waals surface area (Å²) in [6.45, 7) is 3.03. The molecule has 1 heterocycles. The SMILES string of the molecule is CC(C)C(NC(=O)c1ccc(F)cc1)C(=O)OCn1nnc2ccccc2c1=O. The topological polar surface area (TPSA) is 103 Å². The Labute approximate surface area is 165 Å². The van der Waals surface area contributed by atoms with Crippen LogP contribution in [0.25, 0.3) is 10.9 Å². The van der Waals surface area contributed by atoms with Crippen LogP contribution >= 0.6 is 0 Å². The third kappa shape index (κ3) is 4.63. The maximum Gasteiger partial charge on any atom is 0.330 e. The molecule has 8 nitrogen and oxygen atoms in total. The lowest BCUT2D eigenvalue weighted by molar-refractivity contribution is -0.151. The molecule has 0 spiro atoms. The van der Waals surface area contributed by atoms with Crippen LogP contribution in [0.4, 0.5) is 4.39 Å². The fraction of sp³-hybridized carbons (Fsp3) is 0.250. The number of nitrogens with one attached hydrogen (secondary N) is 1. The van der Waals surface area contributed by atoms with E-state index in [1.165, 1.54) is 12.1 Å². The van der Waals surface area contributed by atoms with Crippen LogP contribution in [-0.2, 0) is 16.3 Å². The second-order valence-electron chi connectivity index (χ2n) is 6.71. The molecular formula is C20H19FN4O4. The van der Waals surface area contributed by atoms with Gasteiger partial charge in [-0.15, -0.1) is 5.10 Å². The Balaban J connectivity index is 1.70. The molecule has 3 rings (SSSR count). The number of hydrogen-bond acceptors (Lipinski definition) is 6. The molecule has 3 aromatic rings. The van der Waals surface area contributed by atoms with Crippen LogP contribution in [0.5, 0.6) is 0 Å². The maximum absolute atomic E-state index is 13.0. The van der Waals surface area contributed by atoms with Gasteiger partial charge in [0.1, 0.15) is 17.4 Å². The molecule has 0 aliphatic rings. The van der Waals surface area contributed by atoms with Gasteiger partial charge < -0.3 is 10.1 Å². The lowest BCUT2D eigenvalue weighted by Crippen LogP contribution is -2.45. The third-order valence-electron chi connectivity index (χ3n) is 4.27. The van der Waals surface area contributed by atoms with Gasteiger partial charge in [-0.05, 0) is 42.3 Å². The molecule has 1 amide bonds. The summed E-state index contributed by atoms with van der Waals surface area (Å²) in [6.07, 6.45) is 0. The average molecular weight is 398 g/mol. The van der Waals surface area contributed by atoms with E-state index < -0.39 is 36.0 Å². The Morgan fingerprint density at radius 3 is 2.52 bits per heavy atom. The first kappa shape index (κ1) is 20.1. The monoisotopic (exact) mass is 398 g/mol. The standard InChI is InChI=1S/C20H19FN4O4/c1-12(2)17(22-18(26)13-7-9-14(21)10-8-13)20(28)29-11-25-19(27)15-5-3-4-6-16(15)23-24-25/h3-10,12,17H,11H2,1-2H3,(H,22,26). The van der Waals surface area contributed by atoms with Crippen molar-refractivity contribution < 1.29 is 18.7 Å². The van der Waals surface area contributed by atoms with Crippen molar-refractivity contribution in [3.63, 3.8) is 0 Å². The first-order chi connectivity index (χ1) is 13.9. The molecule has 1 unspecified atom stereocenters. The molecule has 0 aliphatic carbocycles. The van der Waals surface area contributed by atoms with Crippen molar-refractivity contribution in [2.24, 2.45) is 5.92 Å². The zero-order chi connectivity index (χ0) is 21.0. The van der Waals surface area contributed by atoms with Gasteiger partial charge in [-0.2, -0.15) is 4.68 Å². The Morgan fingerprint density at radius 1 is 1.14 bits per heavy atom. The highest BCUT2D eigenvalue weighted by molar-refractivity contribution is 5.96. The highest BCUT2D eigenvalue weighted by Gasteiger charge is 2.26. The van der Waals surface area contributed by atoms with Crippen molar-refractivity contribution in [1.29, 1.82) is 0 Å². The van der Waals surface area contributed by atoms with Gasteiger partial charge in [0, 0.05) is 5.56 Å². The lowest BCUT2D eigenvalue weighted by Gasteiger charge is -2.21. The predicted octanol–water partition coefficient (Wildman–Crippen LogP) is 1.89. The number of carbonyl (C=O) groups excluding carboxylic acids is 2.